The Balaban J connectivity index is 1.76. The largest absolute Gasteiger partial charge is 0.423 e. The molecule has 0 aliphatic heterocycles. The van der Waals surface area contributed by atoms with E-state index in [-0.39, 0.29) is 29.1 Å². The first-order valence-corrected chi connectivity index (χ1v) is 8.99. The molecule has 0 aliphatic carbocycles. The van der Waals surface area contributed by atoms with Gasteiger partial charge in [0, 0.05) is 36.2 Å². The van der Waals surface area contributed by atoms with Crippen LogP contribution in [0.3, 0.4) is 0 Å². The number of amides is 1. The number of carbonyl (C=O) groups is 2. The fraction of sp³-hybridized carbons (Fsp3) is 0.0455. The fourth-order valence-electron chi connectivity index (χ4n) is 2.63. The topological polar surface area (TPSA) is 129 Å². The Labute approximate surface area is 175 Å². The number of fused-ring (bicyclic) bond motifs is 1. The van der Waals surface area contributed by atoms with Gasteiger partial charge in [-0.1, -0.05) is 18.2 Å². The number of nitrogens with zero attached hydrogens (tertiary/aromatic N) is 1. The second-order valence-corrected chi connectivity index (χ2v) is 6.25. The number of nitro groups is 1. The number of ether oxygens (including phenoxy) is 1. The summed E-state index contributed by atoms with van der Waals surface area (Å²) in [6.45, 7) is 3.69. The summed E-state index contributed by atoms with van der Waals surface area (Å²) < 4.78 is 10.3. The van der Waals surface area contributed by atoms with Gasteiger partial charge in [-0.2, -0.15) is 0 Å². The van der Waals surface area contributed by atoms with Gasteiger partial charge < -0.3 is 14.5 Å². The first kappa shape index (κ1) is 21.2. The van der Waals surface area contributed by atoms with Crippen molar-refractivity contribution in [2.24, 2.45) is 0 Å². The third-order valence-corrected chi connectivity index (χ3v) is 4.07. The second-order valence-electron chi connectivity index (χ2n) is 6.25. The molecule has 0 atom stereocenters. The Hall–Kier alpha value is -4.53. The number of benzene rings is 2. The number of hydrogen-bond acceptors (Lipinski definition) is 7. The van der Waals surface area contributed by atoms with E-state index in [2.05, 4.69) is 11.9 Å². The second kappa shape index (κ2) is 9.31. The Morgan fingerprint density at radius 2 is 2.00 bits per heavy atom. The van der Waals surface area contributed by atoms with E-state index in [1.807, 2.05) is 0 Å². The van der Waals surface area contributed by atoms with E-state index in [0.717, 1.165) is 6.08 Å². The van der Waals surface area contributed by atoms with Crippen LogP contribution < -0.4 is 15.7 Å². The average molecular weight is 420 g/mol. The van der Waals surface area contributed by atoms with E-state index in [0.29, 0.717) is 10.9 Å². The van der Waals surface area contributed by atoms with Crippen LogP contribution in [0.2, 0.25) is 0 Å². The fourth-order valence-corrected chi connectivity index (χ4v) is 2.63. The van der Waals surface area contributed by atoms with Crippen LogP contribution in [-0.2, 0) is 4.79 Å². The van der Waals surface area contributed by atoms with Crippen LogP contribution in [0.15, 0.2) is 76.5 Å². The predicted octanol–water partition coefficient (Wildman–Crippen LogP) is 3.24. The molecule has 9 nitrogen and oxygen atoms in total. The summed E-state index contributed by atoms with van der Waals surface area (Å²) in [7, 11) is 0. The quantitative estimate of drug-likeness (QED) is 0.118. The lowest BCUT2D eigenvalue weighted by Crippen LogP contribution is -2.28. The normalized spacial score (nSPS) is 10.7. The van der Waals surface area contributed by atoms with Crippen molar-refractivity contribution in [1.29, 1.82) is 0 Å². The van der Waals surface area contributed by atoms with Crippen molar-refractivity contribution >= 4 is 34.6 Å². The zero-order valence-electron chi connectivity index (χ0n) is 16.1. The molecular weight excluding hydrogens is 404 g/mol. The molecule has 1 N–H and O–H groups in total. The molecule has 0 saturated carbocycles. The summed E-state index contributed by atoms with van der Waals surface area (Å²) in [5.41, 5.74) is -0.490. The summed E-state index contributed by atoms with van der Waals surface area (Å²) in [5, 5.41) is 13.8. The molecule has 1 aromatic heterocycles. The number of nitrogens with one attached hydrogen (secondary N) is 1. The highest BCUT2D eigenvalue weighted by atomic mass is 16.6. The first-order chi connectivity index (χ1) is 14.9. The Bertz CT molecular complexity index is 1270. The van der Waals surface area contributed by atoms with Crippen molar-refractivity contribution in [1.82, 2.24) is 5.32 Å². The van der Waals surface area contributed by atoms with Crippen LogP contribution in [0.4, 0.5) is 5.69 Å². The van der Waals surface area contributed by atoms with Gasteiger partial charge in [0.2, 0.25) is 0 Å². The molecule has 9 heteroatoms. The first-order valence-electron chi connectivity index (χ1n) is 8.99. The number of esters is 1. The molecule has 0 spiro atoms. The maximum Gasteiger partial charge on any atom is 0.349 e. The van der Waals surface area contributed by atoms with Crippen LogP contribution >= 0.6 is 0 Å². The van der Waals surface area contributed by atoms with Crippen molar-refractivity contribution in [3.05, 3.63) is 98.9 Å². The predicted molar refractivity (Wildman–Crippen MR) is 113 cm³/mol. The minimum atomic E-state index is -0.830. The molecule has 3 aromatic rings. The molecule has 156 valence electrons. The van der Waals surface area contributed by atoms with Crippen LogP contribution in [0.25, 0.3) is 17.0 Å². The number of hydrogen-bond donors (Lipinski definition) is 1. The monoisotopic (exact) mass is 420 g/mol. The van der Waals surface area contributed by atoms with Crippen LogP contribution in [0.1, 0.15) is 15.9 Å². The molecule has 2 aromatic carbocycles. The van der Waals surface area contributed by atoms with E-state index in [9.17, 15) is 24.5 Å². The molecule has 31 heavy (non-hydrogen) atoms. The zero-order valence-corrected chi connectivity index (χ0v) is 16.1. The number of non-ortho nitro benzene ring substituents is 1. The molecule has 0 radical (unpaired) electrons. The molecule has 0 saturated heterocycles. The standard InChI is InChI=1S/C22H16N2O7/c1-2-10-23-21(26)18-12-15-7-8-17(13-19(15)31-22(18)27)30-20(25)9-6-14-4-3-5-16(11-14)24(28)29/h2-9,11-13H,1,10H2,(H,23,26)/b9-6+. The number of rotatable bonds is 7. The van der Waals surface area contributed by atoms with Gasteiger partial charge in [-0.25, -0.2) is 9.59 Å². The van der Waals surface area contributed by atoms with E-state index in [4.69, 9.17) is 9.15 Å². The van der Waals surface area contributed by atoms with Crippen molar-refractivity contribution < 1.29 is 23.7 Å². The smallest absolute Gasteiger partial charge is 0.349 e. The lowest BCUT2D eigenvalue weighted by atomic mass is 10.1. The lowest BCUT2D eigenvalue weighted by Gasteiger charge is -2.05. The highest BCUT2D eigenvalue weighted by molar-refractivity contribution is 5.97. The maximum absolute atomic E-state index is 12.1. The molecule has 0 fully saturated rings. The molecule has 0 unspecified atom stereocenters. The van der Waals surface area contributed by atoms with E-state index < -0.39 is 22.4 Å². The molecular formula is C22H16N2O7. The van der Waals surface area contributed by atoms with E-state index >= 15 is 0 Å². The summed E-state index contributed by atoms with van der Waals surface area (Å²) >= 11 is 0. The van der Waals surface area contributed by atoms with Gasteiger partial charge >= 0.3 is 11.6 Å². The molecule has 0 aliphatic rings. The van der Waals surface area contributed by atoms with Crippen molar-refractivity contribution in [2.45, 2.75) is 0 Å². The summed E-state index contributed by atoms with van der Waals surface area (Å²) in [6, 6.07) is 11.5. The molecule has 1 heterocycles. The van der Waals surface area contributed by atoms with Crippen molar-refractivity contribution in [3.8, 4) is 5.75 Å². The Morgan fingerprint density at radius 1 is 1.19 bits per heavy atom. The highest BCUT2D eigenvalue weighted by Gasteiger charge is 2.14. The van der Waals surface area contributed by atoms with Crippen LogP contribution in [0.5, 0.6) is 5.75 Å². The van der Waals surface area contributed by atoms with Gasteiger partial charge in [0.1, 0.15) is 16.9 Å². The lowest BCUT2D eigenvalue weighted by molar-refractivity contribution is -0.384. The van der Waals surface area contributed by atoms with Crippen LogP contribution in [0, 0.1) is 10.1 Å². The molecule has 1 amide bonds. The average Bonchev–Trinajstić information content (AvgIpc) is 2.75. The Kier molecular flexibility index (Phi) is 6.36. The van der Waals surface area contributed by atoms with Crippen molar-refractivity contribution in [2.75, 3.05) is 6.54 Å². The maximum atomic E-state index is 12.1. The van der Waals surface area contributed by atoms with E-state index in [1.54, 1.807) is 6.07 Å². The Morgan fingerprint density at radius 3 is 2.74 bits per heavy atom. The zero-order chi connectivity index (χ0) is 22.4. The summed E-state index contributed by atoms with van der Waals surface area (Å²) in [5.74, 6) is -1.20. The number of nitro benzene ring substituents is 1. The third kappa shape index (κ3) is 5.30. The highest BCUT2D eigenvalue weighted by Crippen LogP contribution is 2.21. The van der Waals surface area contributed by atoms with Crippen LogP contribution in [-0.4, -0.2) is 23.3 Å². The summed E-state index contributed by atoms with van der Waals surface area (Å²) in [4.78, 5) is 46.4. The van der Waals surface area contributed by atoms with Gasteiger partial charge in [-0.15, -0.1) is 6.58 Å². The van der Waals surface area contributed by atoms with Crippen molar-refractivity contribution in [3.63, 3.8) is 0 Å². The van der Waals surface area contributed by atoms with Gasteiger partial charge in [0.25, 0.3) is 11.6 Å². The van der Waals surface area contributed by atoms with Gasteiger partial charge in [0.15, 0.2) is 0 Å². The SMILES string of the molecule is C=CCNC(=O)c1cc2ccc(OC(=O)/C=C/c3cccc([N+](=O)[O-])c3)cc2oc1=O. The molecule has 3 rings (SSSR count). The van der Waals surface area contributed by atoms with E-state index in [1.165, 1.54) is 54.6 Å². The minimum absolute atomic E-state index is 0.0994. The minimum Gasteiger partial charge on any atom is -0.423 e. The number of carbonyl (C=O) groups excluding carboxylic acids is 2. The van der Waals surface area contributed by atoms with Gasteiger partial charge in [0.05, 0.1) is 4.92 Å². The van der Waals surface area contributed by atoms with Gasteiger partial charge in [-0.3, -0.25) is 14.9 Å². The van der Waals surface area contributed by atoms with Gasteiger partial charge in [-0.05, 0) is 29.8 Å². The third-order valence-electron chi connectivity index (χ3n) is 4.07. The summed E-state index contributed by atoms with van der Waals surface area (Å²) in [6.07, 6.45) is 3.98. The molecule has 0 bridgehead atoms.